The smallest absolute Gasteiger partial charge is 0.478 e. The largest absolute Gasteiger partial charge is 0.586 e. The van der Waals surface area contributed by atoms with Crippen molar-refractivity contribution in [2.75, 3.05) is 0 Å². The van der Waals surface area contributed by atoms with E-state index in [1.165, 1.54) is 18.2 Å². The van der Waals surface area contributed by atoms with Gasteiger partial charge in [-0.05, 0) is 66.8 Å². The van der Waals surface area contributed by atoms with E-state index in [-0.39, 0.29) is 23.0 Å². The van der Waals surface area contributed by atoms with E-state index >= 15 is 0 Å². The molecule has 0 saturated heterocycles. The molecule has 9 heteroatoms. The molecule has 3 aliphatic rings. The number of dihydropyridines is 1. The Morgan fingerprint density at radius 3 is 2.61 bits per heavy atom. The van der Waals surface area contributed by atoms with E-state index in [2.05, 4.69) is 20.1 Å². The highest BCUT2D eigenvalue weighted by atomic mass is 19.3. The van der Waals surface area contributed by atoms with Crippen molar-refractivity contribution in [3.8, 4) is 11.5 Å². The zero-order chi connectivity index (χ0) is 23.4. The normalized spacial score (nSPS) is 21.4. The summed E-state index contributed by atoms with van der Waals surface area (Å²) in [6.45, 7) is 1.88. The van der Waals surface area contributed by atoms with Gasteiger partial charge in [-0.1, -0.05) is 24.3 Å². The number of ether oxygens (including phenoxy) is 2. The van der Waals surface area contributed by atoms with Crippen LogP contribution >= 0.6 is 0 Å². The summed E-state index contributed by atoms with van der Waals surface area (Å²) in [5.74, 6) is -1.42. The molecule has 1 fully saturated rings. The van der Waals surface area contributed by atoms with Gasteiger partial charge in [0.2, 0.25) is 5.91 Å². The number of halogens is 2. The van der Waals surface area contributed by atoms with Crippen LogP contribution in [0.2, 0.25) is 0 Å². The predicted octanol–water partition coefficient (Wildman–Crippen LogP) is 3.77. The highest BCUT2D eigenvalue weighted by Gasteiger charge is 2.53. The van der Waals surface area contributed by atoms with E-state index in [0.717, 1.165) is 5.57 Å². The number of rotatable bonds is 5. The summed E-state index contributed by atoms with van der Waals surface area (Å²) < 4.78 is 35.7. The molecule has 1 atom stereocenters. The monoisotopic (exact) mass is 454 g/mol. The number of fused-ring (bicyclic) bond motifs is 1. The minimum absolute atomic E-state index is 0.0642. The van der Waals surface area contributed by atoms with Crippen LogP contribution in [0.25, 0.3) is 5.70 Å². The van der Waals surface area contributed by atoms with Gasteiger partial charge in [-0.25, -0.2) is 4.79 Å². The molecule has 1 aliphatic carbocycles. The Balaban J connectivity index is 1.33. The van der Waals surface area contributed by atoms with Gasteiger partial charge in [-0.15, -0.1) is 8.78 Å². The number of carboxylic acids is 1. The van der Waals surface area contributed by atoms with Gasteiger partial charge in [-0.3, -0.25) is 4.79 Å². The molecule has 33 heavy (non-hydrogen) atoms. The van der Waals surface area contributed by atoms with Gasteiger partial charge < -0.3 is 25.2 Å². The van der Waals surface area contributed by atoms with Crippen molar-refractivity contribution in [3.05, 3.63) is 76.9 Å². The lowest BCUT2D eigenvalue weighted by atomic mass is 9.94. The van der Waals surface area contributed by atoms with Crippen molar-refractivity contribution in [2.24, 2.45) is 0 Å². The van der Waals surface area contributed by atoms with E-state index in [1.807, 2.05) is 13.0 Å². The Hall–Kier alpha value is -3.88. The summed E-state index contributed by atoms with van der Waals surface area (Å²) in [5.41, 5.74) is 2.21. The minimum Gasteiger partial charge on any atom is -0.478 e. The Kier molecular flexibility index (Phi) is 4.66. The number of hydrogen-bond donors (Lipinski definition) is 3. The molecule has 1 saturated carbocycles. The van der Waals surface area contributed by atoms with Crippen LogP contribution in [0.1, 0.15) is 41.3 Å². The molecule has 2 heterocycles. The van der Waals surface area contributed by atoms with Crippen molar-refractivity contribution >= 4 is 17.6 Å². The van der Waals surface area contributed by atoms with E-state index < -0.39 is 23.8 Å². The molecule has 7 nitrogen and oxygen atoms in total. The van der Waals surface area contributed by atoms with Crippen LogP contribution in [0.5, 0.6) is 11.5 Å². The number of benzene rings is 2. The first kappa shape index (κ1) is 21.0. The van der Waals surface area contributed by atoms with Crippen LogP contribution in [0, 0.1) is 0 Å². The zero-order valence-corrected chi connectivity index (χ0v) is 17.5. The molecule has 1 amide bonds. The van der Waals surface area contributed by atoms with Gasteiger partial charge in [0.15, 0.2) is 11.5 Å². The summed E-state index contributed by atoms with van der Waals surface area (Å²) in [5, 5.41) is 15.5. The number of carboxylic acid groups (broad SMARTS) is 1. The van der Waals surface area contributed by atoms with Crippen LogP contribution in [0.15, 0.2) is 60.2 Å². The van der Waals surface area contributed by atoms with Crippen molar-refractivity contribution in [1.82, 2.24) is 10.6 Å². The fraction of sp³-hybridized carbons (Fsp3) is 0.250. The van der Waals surface area contributed by atoms with Gasteiger partial charge in [0, 0.05) is 5.70 Å². The Morgan fingerprint density at radius 2 is 1.88 bits per heavy atom. The number of nitrogens with one attached hydrogen (secondary N) is 2. The summed E-state index contributed by atoms with van der Waals surface area (Å²) in [6, 6.07) is 11.0. The first-order valence-electron chi connectivity index (χ1n) is 10.4. The third-order valence-corrected chi connectivity index (χ3v) is 6.06. The molecular weight excluding hydrogens is 434 g/mol. The molecule has 170 valence electrons. The second-order valence-corrected chi connectivity index (χ2v) is 8.31. The molecule has 0 bridgehead atoms. The van der Waals surface area contributed by atoms with Crippen molar-refractivity contribution in [2.45, 2.75) is 37.6 Å². The number of carbonyl (C=O) groups excluding carboxylic acids is 1. The Bertz CT molecular complexity index is 1230. The number of allylic oxidation sites excluding steroid dienone is 2. The number of alkyl halides is 2. The molecule has 3 N–H and O–H groups in total. The van der Waals surface area contributed by atoms with E-state index in [4.69, 9.17) is 0 Å². The van der Waals surface area contributed by atoms with Gasteiger partial charge in [0.25, 0.3) is 0 Å². The maximum absolute atomic E-state index is 13.3. The lowest BCUT2D eigenvalue weighted by Crippen LogP contribution is -2.48. The fourth-order valence-electron chi connectivity index (χ4n) is 4.14. The van der Waals surface area contributed by atoms with Crippen LogP contribution in [0.4, 0.5) is 8.78 Å². The van der Waals surface area contributed by atoms with Crippen molar-refractivity contribution < 1.29 is 33.0 Å². The van der Waals surface area contributed by atoms with E-state index in [9.17, 15) is 23.5 Å². The van der Waals surface area contributed by atoms with Gasteiger partial charge >= 0.3 is 12.3 Å². The molecule has 0 radical (unpaired) electrons. The van der Waals surface area contributed by atoms with Gasteiger partial charge in [0.1, 0.15) is 6.17 Å². The maximum Gasteiger partial charge on any atom is 0.586 e. The molecule has 2 aliphatic heterocycles. The summed E-state index contributed by atoms with van der Waals surface area (Å²) in [6.07, 6.45) is 0.567. The molecule has 0 spiro atoms. The Morgan fingerprint density at radius 1 is 1.12 bits per heavy atom. The quantitative estimate of drug-likeness (QED) is 0.637. The van der Waals surface area contributed by atoms with Gasteiger partial charge in [0.05, 0.1) is 11.0 Å². The SMILES string of the molecule is CC1=C(c2cccc(C(=O)O)c2)NC(NC(=O)C2(c3ccc4c(c3)OC(F)(F)O4)CC2)C=C1. The lowest BCUT2D eigenvalue weighted by Gasteiger charge is -2.27. The van der Waals surface area contributed by atoms with Crippen molar-refractivity contribution in [3.63, 3.8) is 0 Å². The third kappa shape index (κ3) is 3.79. The highest BCUT2D eigenvalue weighted by Crippen LogP contribution is 2.52. The third-order valence-electron chi connectivity index (χ3n) is 6.06. The molecule has 0 aromatic heterocycles. The highest BCUT2D eigenvalue weighted by molar-refractivity contribution is 5.92. The first-order chi connectivity index (χ1) is 15.7. The molecular formula is C24H20F2N2O5. The second-order valence-electron chi connectivity index (χ2n) is 8.31. The molecule has 2 aromatic rings. The van der Waals surface area contributed by atoms with Crippen LogP contribution in [-0.2, 0) is 10.2 Å². The van der Waals surface area contributed by atoms with Crippen LogP contribution in [-0.4, -0.2) is 29.4 Å². The minimum atomic E-state index is -3.71. The van der Waals surface area contributed by atoms with E-state index in [0.29, 0.717) is 29.7 Å². The number of carbonyl (C=O) groups is 2. The first-order valence-corrected chi connectivity index (χ1v) is 10.4. The van der Waals surface area contributed by atoms with E-state index in [1.54, 1.807) is 30.3 Å². The molecule has 2 aromatic carbocycles. The number of aromatic carboxylic acids is 1. The van der Waals surface area contributed by atoms with Crippen LogP contribution < -0.4 is 20.1 Å². The second kappa shape index (κ2) is 7.33. The molecule has 5 rings (SSSR count). The molecule has 1 unspecified atom stereocenters. The summed E-state index contributed by atoms with van der Waals surface area (Å²) >= 11 is 0. The predicted molar refractivity (Wildman–Crippen MR) is 114 cm³/mol. The Labute approximate surface area is 187 Å². The lowest BCUT2D eigenvalue weighted by molar-refractivity contribution is -0.286. The summed E-state index contributed by atoms with van der Waals surface area (Å²) in [4.78, 5) is 24.5. The fourth-order valence-corrected chi connectivity index (χ4v) is 4.14. The number of hydrogen-bond acceptors (Lipinski definition) is 5. The summed E-state index contributed by atoms with van der Waals surface area (Å²) in [7, 11) is 0. The van der Waals surface area contributed by atoms with Gasteiger partial charge in [-0.2, -0.15) is 0 Å². The maximum atomic E-state index is 13.3. The topological polar surface area (TPSA) is 96.9 Å². The van der Waals surface area contributed by atoms with Crippen molar-refractivity contribution in [1.29, 1.82) is 0 Å². The standard InChI is InChI=1S/C24H20F2N2O5/c1-13-5-8-19(27-20(13)14-3-2-4-15(11-14)21(29)30)28-22(31)23(9-10-23)16-6-7-17-18(12-16)33-24(25,26)32-17/h2-8,11-12,19,27H,9-10H2,1H3,(H,28,31)(H,29,30). The number of amides is 1. The average molecular weight is 454 g/mol. The zero-order valence-electron chi connectivity index (χ0n) is 17.5. The average Bonchev–Trinajstić information content (AvgIpc) is 3.52. The van der Waals surface area contributed by atoms with Crippen LogP contribution in [0.3, 0.4) is 0 Å².